The number of hydrogen-bond acceptors (Lipinski definition) is 2. The monoisotopic (exact) mass is 370 g/mol. The standard InChI is InChI=1S/C22H35BO2Si/c1-21(2)22(3,4)25-23(24-21)16-10-11-19(18-14-15-18)17-26(5,6)20-12-8-7-9-13-20/h7-9,11-13,18H,10,14-17H2,1-6H3/b19-11-. The Morgan fingerprint density at radius 1 is 1.08 bits per heavy atom. The van der Waals surface area contributed by atoms with Gasteiger partial charge in [0.15, 0.2) is 0 Å². The van der Waals surface area contributed by atoms with Crippen LogP contribution in [0.4, 0.5) is 0 Å². The second-order valence-electron chi connectivity index (χ2n) is 9.74. The summed E-state index contributed by atoms with van der Waals surface area (Å²) in [5, 5.41) is 1.57. The summed E-state index contributed by atoms with van der Waals surface area (Å²) in [4.78, 5) is 0. The van der Waals surface area contributed by atoms with Crippen LogP contribution >= 0.6 is 0 Å². The molecule has 0 atom stereocenters. The molecule has 0 unspecified atom stereocenters. The molecular weight excluding hydrogens is 335 g/mol. The van der Waals surface area contributed by atoms with Crippen molar-refractivity contribution in [3.05, 3.63) is 42.0 Å². The van der Waals surface area contributed by atoms with Gasteiger partial charge in [-0.05, 0) is 65.2 Å². The van der Waals surface area contributed by atoms with Gasteiger partial charge in [-0.3, -0.25) is 0 Å². The summed E-state index contributed by atoms with van der Waals surface area (Å²) in [5.41, 5.74) is 1.26. The summed E-state index contributed by atoms with van der Waals surface area (Å²) in [6.45, 7) is 13.5. The van der Waals surface area contributed by atoms with Crippen molar-refractivity contribution >= 4 is 20.4 Å². The summed E-state index contributed by atoms with van der Waals surface area (Å²) < 4.78 is 12.3. The van der Waals surface area contributed by atoms with Gasteiger partial charge in [0.05, 0.1) is 19.3 Å². The molecule has 0 aromatic heterocycles. The highest BCUT2D eigenvalue weighted by Crippen LogP contribution is 2.41. The third-order valence-corrected chi connectivity index (χ3v) is 9.60. The molecule has 1 saturated heterocycles. The normalized spacial score (nSPS) is 22.7. The van der Waals surface area contributed by atoms with Crippen LogP contribution in [0.3, 0.4) is 0 Å². The number of benzene rings is 1. The number of rotatable bonds is 7. The first-order chi connectivity index (χ1) is 12.1. The first-order valence-electron chi connectivity index (χ1n) is 10.2. The average molecular weight is 370 g/mol. The van der Waals surface area contributed by atoms with Gasteiger partial charge in [-0.25, -0.2) is 0 Å². The molecule has 2 fully saturated rings. The van der Waals surface area contributed by atoms with E-state index in [0.717, 1.165) is 18.7 Å². The van der Waals surface area contributed by atoms with Crippen molar-refractivity contribution in [2.45, 2.75) is 83.6 Å². The van der Waals surface area contributed by atoms with Crippen LogP contribution < -0.4 is 5.19 Å². The van der Waals surface area contributed by atoms with Gasteiger partial charge >= 0.3 is 7.12 Å². The molecule has 0 radical (unpaired) electrons. The molecule has 2 nitrogen and oxygen atoms in total. The molecule has 142 valence electrons. The Kier molecular flexibility index (Phi) is 5.58. The van der Waals surface area contributed by atoms with Crippen molar-refractivity contribution in [3.8, 4) is 0 Å². The topological polar surface area (TPSA) is 18.5 Å². The molecule has 1 aromatic rings. The largest absolute Gasteiger partial charge is 0.458 e. The summed E-state index contributed by atoms with van der Waals surface area (Å²) in [6.07, 6.45) is 7.28. The van der Waals surface area contributed by atoms with Gasteiger partial charge in [-0.1, -0.05) is 60.3 Å². The van der Waals surface area contributed by atoms with Gasteiger partial charge in [-0.15, -0.1) is 0 Å². The van der Waals surface area contributed by atoms with Crippen LogP contribution in [0.5, 0.6) is 0 Å². The van der Waals surface area contributed by atoms with E-state index in [1.807, 2.05) is 0 Å². The molecular formula is C22H35BO2Si. The van der Waals surface area contributed by atoms with E-state index in [9.17, 15) is 0 Å². The smallest absolute Gasteiger partial charge is 0.403 e. The Morgan fingerprint density at radius 3 is 2.19 bits per heavy atom. The van der Waals surface area contributed by atoms with Crippen LogP contribution in [0, 0.1) is 5.92 Å². The molecule has 4 heteroatoms. The van der Waals surface area contributed by atoms with Crippen LogP contribution in [0.1, 0.15) is 47.0 Å². The average Bonchev–Trinajstić information content (AvgIpc) is 3.35. The van der Waals surface area contributed by atoms with Crippen LogP contribution in [0.15, 0.2) is 42.0 Å². The minimum atomic E-state index is -1.42. The van der Waals surface area contributed by atoms with Crippen molar-refractivity contribution in [1.29, 1.82) is 0 Å². The lowest BCUT2D eigenvalue weighted by molar-refractivity contribution is 0.00578. The minimum Gasteiger partial charge on any atom is -0.403 e. The van der Waals surface area contributed by atoms with E-state index < -0.39 is 8.07 Å². The number of allylic oxidation sites excluding steroid dienone is 2. The first kappa shape index (κ1) is 19.9. The minimum absolute atomic E-state index is 0.0731. The van der Waals surface area contributed by atoms with Crippen LogP contribution in [0.2, 0.25) is 25.5 Å². The molecule has 1 saturated carbocycles. The molecule has 2 aliphatic rings. The Hall–Kier alpha value is -0.838. The predicted octanol–water partition coefficient (Wildman–Crippen LogP) is 5.42. The van der Waals surface area contributed by atoms with Crippen LogP contribution in [0.25, 0.3) is 0 Å². The predicted molar refractivity (Wildman–Crippen MR) is 115 cm³/mol. The molecule has 1 aromatic carbocycles. The summed E-state index contributed by atoms with van der Waals surface area (Å²) in [7, 11) is -1.50. The van der Waals surface area contributed by atoms with Gasteiger partial charge < -0.3 is 9.31 Å². The molecule has 1 aliphatic heterocycles. The van der Waals surface area contributed by atoms with Gasteiger partial charge in [0.25, 0.3) is 0 Å². The fourth-order valence-corrected chi connectivity index (χ4v) is 6.58. The fourth-order valence-electron chi connectivity index (χ4n) is 3.83. The molecule has 3 rings (SSSR count). The highest BCUT2D eigenvalue weighted by molar-refractivity contribution is 6.90. The van der Waals surface area contributed by atoms with Gasteiger partial charge in [0.2, 0.25) is 0 Å². The first-order valence-corrected chi connectivity index (χ1v) is 13.4. The van der Waals surface area contributed by atoms with Crippen molar-refractivity contribution in [1.82, 2.24) is 0 Å². The van der Waals surface area contributed by atoms with Crippen molar-refractivity contribution < 1.29 is 9.31 Å². The molecule has 0 N–H and O–H groups in total. The van der Waals surface area contributed by atoms with E-state index in [4.69, 9.17) is 9.31 Å². The molecule has 0 bridgehead atoms. The molecule has 1 heterocycles. The SMILES string of the molecule is CC1(C)OB(CC/C=C(/C[Si](C)(C)c2ccccc2)C2CC2)OC1(C)C. The van der Waals surface area contributed by atoms with E-state index in [0.29, 0.717) is 0 Å². The summed E-state index contributed by atoms with van der Waals surface area (Å²) >= 11 is 0. The maximum Gasteiger partial charge on any atom is 0.458 e. The van der Waals surface area contributed by atoms with E-state index >= 15 is 0 Å². The highest BCUT2D eigenvalue weighted by Gasteiger charge is 2.50. The van der Waals surface area contributed by atoms with Crippen molar-refractivity contribution in [2.24, 2.45) is 5.92 Å². The zero-order valence-electron chi connectivity index (χ0n) is 17.5. The molecule has 26 heavy (non-hydrogen) atoms. The van der Waals surface area contributed by atoms with Gasteiger partial charge in [-0.2, -0.15) is 0 Å². The van der Waals surface area contributed by atoms with Crippen LogP contribution in [-0.2, 0) is 9.31 Å². The van der Waals surface area contributed by atoms with Gasteiger partial charge in [0, 0.05) is 0 Å². The van der Waals surface area contributed by atoms with E-state index in [-0.39, 0.29) is 18.3 Å². The highest BCUT2D eigenvalue weighted by atomic mass is 28.3. The lowest BCUT2D eigenvalue weighted by atomic mass is 9.82. The van der Waals surface area contributed by atoms with E-state index in [1.54, 1.807) is 10.8 Å². The Morgan fingerprint density at radius 2 is 1.65 bits per heavy atom. The lowest BCUT2D eigenvalue weighted by Gasteiger charge is -2.32. The quantitative estimate of drug-likeness (QED) is 0.471. The second kappa shape index (κ2) is 7.29. The third-order valence-electron chi connectivity index (χ3n) is 6.41. The summed E-state index contributed by atoms with van der Waals surface area (Å²) in [6, 6.07) is 12.4. The maximum absolute atomic E-state index is 6.15. The van der Waals surface area contributed by atoms with Crippen molar-refractivity contribution in [2.75, 3.05) is 0 Å². The Bertz CT molecular complexity index is 631. The number of hydrogen-bond donors (Lipinski definition) is 0. The third kappa shape index (κ3) is 4.52. The molecule has 0 amide bonds. The molecule has 1 aliphatic carbocycles. The Labute approximate surface area is 161 Å². The van der Waals surface area contributed by atoms with E-state index in [2.05, 4.69) is 77.2 Å². The second-order valence-corrected chi connectivity index (χ2v) is 14.4. The molecule has 0 spiro atoms. The zero-order chi connectivity index (χ0) is 19.0. The van der Waals surface area contributed by atoms with Crippen molar-refractivity contribution in [3.63, 3.8) is 0 Å². The zero-order valence-corrected chi connectivity index (χ0v) is 18.5. The van der Waals surface area contributed by atoms with E-state index in [1.165, 1.54) is 18.9 Å². The Balaban J connectivity index is 1.61. The van der Waals surface area contributed by atoms with Crippen LogP contribution in [-0.4, -0.2) is 26.4 Å². The fraction of sp³-hybridized carbons (Fsp3) is 0.636. The summed E-state index contributed by atoms with van der Waals surface area (Å²) in [5.74, 6) is 0.837. The van der Waals surface area contributed by atoms with Gasteiger partial charge in [0.1, 0.15) is 0 Å². The maximum atomic E-state index is 6.15. The lowest BCUT2D eigenvalue weighted by Crippen LogP contribution is -2.41.